The van der Waals surface area contributed by atoms with Crippen molar-refractivity contribution >= 4 is 11.9 Å². The Labute approximate surface area is 163 Å². The fourth-order valence-electron chi connectivity index (χ4n) is 2.52. The van der Waals surface area contributed by atoms with Gasteiger partial charge in [-0.3, -0.25) is 4.79 Å². The summed E-state index contributed by atoms with van der Waals surface area (Å²) < 4.78 is 26.4. The summed E-state index contributed by atoms with van der Waals surface area (Å²) >= 11 is 0. The minimum absolute atomic E-state index is 0.0236. The monoisotopic (exact) mass is 389 g/mol. The summed E-state index contributed by atoms with van der Waals surface area (Å²) in [5.41, 5.74) is 13.1. The number of rotatable bonds is 6. The van der Waals surface area contributed by atoms with Crippen LogP contribution in [0.15, 0.2) is 53.5 Å². The van der Waals surface area contributed by atoms with Gasteiger partial charge >= 0.3 is 0 Å². The molecule has 0 aliphatic heterocycles. The van der Waals surface area contributed by atoms with Gasteiger partial charge in [-0.1, -0.05) is 18.2 Å². The van der Waals surface area contributed by atoms with Gasteiger partial charge in [0, 0.05) is 17.6 Å². The van der Waals surface area contributed by atoms with E-state index in [4.69, 9.17) is 11.5 Å². The number of aliphatic imine (C=N–C) groups is 1. The van der Waals surface area contributed by atoms with E-state index in [1.807, 2.05) is 13.8 Å². The maximum absolute atomic E-state index is 13.3. The van der Waals surface area contributed by atoms with Crippen molar-refractivity contribution in [3.8, 4) is 0 Å². The number of nitrogens with zero attached hydrogens (tertiary/aromatic N) is 1. The third-order valence-corrected chi connectivity index (χ3v) is 3.84. The lowest BCUT2D eigenvalue weighted by molar-refractivity contribution is 0.100. The molecule has 0 radical (unpaired) electrons. The van der Waals surface area contributed by atoms with Crippen molar-refractivity contribution in [2.45, 2.75) is 38.5 Å². The van der Waals surface area contributed by atoms with Crippen molar-refractivity contribution in [2.75, 3.05) is 0 Å². The molecule has 150 valence electrons. The molecular weight excluding hydrogens is 364 g/mol. The number of guanidine groups is 1. The predicted molar refractivity (Wildman–Crippen MR) is 105 cm³/mol. The average Bonchev–Trinajstić information content (AvgIpc) is 2.61. The Bertz CT molecular complexity index is 824. The van der Waals surface area contributed by atoms with Crippen molar-refractivity contribution in [3.63, 3.8) is 0 Å². The van der Waals surface area contributed by atoms with Crippen molar-refractivity contribution in [1.82, 2.24) is 10.6 Å². The molecule has 2 unspecified atom stereocenters. The summed E-state index contributed by atoms with van der Waals surface area (Å²) in [4.78, 5) is 16.3. The minimum atomic E-state index is -0.620. The first kappa shape index (κ1) is 21.5. The van der Waals surface area contributed by atoms with E-state index >= 15 is 0 Å². The zero-order chi connectivity index (χ0) is 20.7. The number of amides is 1. The standard InChI is InChI=1S/C20H25F2N5O/c1-12(2)25-20(27-19(28)14-4-3-5-16(22)10-14)26-18(24)11-17(23)13-6-8-15(21)9-7-13/h3-10,12,17-18H,11,23-24H2,1-2H3,(H2,25,26,27,28). The highest BCUT2D eigenvalue weighted by molar-refractivity contribution is 6.02. The van der Waals surface area contributed by atoms with Gasteiger partial charge in [0.25, 0.3) is 5.91 Å². The molecular formula is C20H25F2N5O. The Hall–Kier alpha value is -2.84. The maximum atomic E-state index is 13.3. The molecule has 0 bridgehead atoms. The van der Waals surface area contributed by atoms with Gasteiger partial charge in [0.05, 0.1) is 6.17 Å². The van der Waals surface area contributed by atoms with E-state index in [0.717, 1.165) is 11.6 Å². The lowest BCUT2D eigenvalue weighted by Crippen LogP contribution is -2.50. The van der Waals surface area contributed by atoms with Crippen LogP contribution < -0.4 is 22.1 Å². The van der Waals surface area contributed by atoms with Crippen LogP contribution in [-0.2, 0) is 0 Å². The molecule has 1 amide bonds. The van der Waals surface area contributed by atoms with E-state index < -0.39 is 23.9 Å². The van der Waals surface area contributed by atoms with Gasteiger partial charge < -0.3 is 22.1 Å². The molecule has 6 N–H and O–H groups in total. The number of hydrogen-bond acceptors (Lipinski definition) is 3. The predicted octanol–water partition coefficient (Wildman–Crippen LogP) is 2.42. The highest BCUT2D eigenvalue weighted by Crippen LogP contribution is 2.15. The van der Waals surface area contributed by atoms with Crippen LogP contribution in [0, 0.1) is 11.6 Å². The quantitative estimate of drug-likeness (QED) is 0.345. The van der Waals surface area contributed by atoms with Gasteiger partial charge in [-0.25, -0.2) is 8.78 Å². The molecule has 0 aromatic heterocycles. The Kier molecular flexibility index (Phi) is 7.60. The zero-order valence-corrected chi connectivity index (χ0v) is 15.8. The molecule has 2 atom stereocenters. The number of nitrogens with one attached hydrogen (secondary N) is 2. The normalized spacial score (nSPS) is 13.9. The van der Waals surface area contributed by atoms with Crippen LogP contribution in [0.5, 0.6) is 0 Å². The van der Waals surface area contributed by atoms with Gasteiger partial charge in [-0.05, 0) is 56.2 Å². The van der Waals surface area contributed by atoms with E-state index in [9.17, 15) is 13.6 Å². The van der Waals surface area contributed by atoms with E-state index in [1.54, 1.807) is 12.1 Å². The van der Waals surface area contributed by atoms with Crippen LogP contribution in [0.3, 0.4) is 0 Å². The van der Waals surface area contributed by atoms with E-state index in [-0.39, 0.29) is 23.4 Å². The smallest absolute Gasteiger partial charge is 0.280 e. The van der Waals surface area contributed by atoms with Crippen molar-refractivity contribution in [2.24, 2.45) is 16.5 Å². The molecule has 0 saturated carbocycles. The van der Waals surface area contributed by atoms with Gasteiger partial charge in [-0.15, -0.1) is 0 Å². The maximum Gasteiger partial charge on any atom is 0.280 e. The van der Waals surface area contributed by atoms with Crippen molar-refractivity contribution < 1.29 is 13.6 Å². The van der Waals surface area contributed by atoms with E-state index in [0.29, 0.717) is 6.42 Å². The molecule has 28 heavy (non-hydrogen) atoms. The molecule has 2 aromatic carbocycles. The van der Waals surface area contributed by atoms with Crippen LogP contribution in [0.1, 0.15) is 42.2 Å². The summed E-state index contributed by atoms with van der Waals surface area (Å²) in [6, 6.07) is 10.7. The van der Waals surface area contributed by atoms with Gasteiger partial charge in [0.15, 0.2) is 0 Å². The molecule has 0 aliphatic carbocycles. The van der Waals surface area contributed by atoms with Crippen LogP contribution in [-0.4, -0.2) is 24.1 Å². The Balaban J connectivity index is 2.07. The summed E-state index contributed by atoms with van der Waals surface area (Å²) in [7, 11) is 0. The lowest BCUT2D eigenvalue weighted by atomic mass is 10.0. The van der Waals surface area contributed by atoms with Gasteiger partial charge in [0.2, 0.25) is 5.96 Å². The first-order valence-electron chi connectivity index (χ1n) is 8.93. The number of halogens is 2. The van der Waals surface area contributed by atoms with Gasteiger partial charge in [0.1, 0.15) is 11.6 Å². The van der Waals surface area contributed by atoms with Crippen molar-refractivity contribution in [1.29, 1.82) is 0 Å². The van der Waals surface area contributed by atoms with Crippen LogP contribution in [0.2, 0.25) is 0 Å². The molecule has 6 nitrogen and oxygen atoms in total. The Morgan fingerprint density at radius 2 is 1.71 bits per heavy atom. The van der Waals surface area contributed by atoms with E-state index in [2.05, 4.69) is 15.6 Å². The molecule has 2 rings (SSSR count). The number of carbonyl (C=O) groups is 1. The molecule has 0 heterocycles. The SMILES string of the molecule is CC(C)N/C(=N/C(=O)c1cccc(F)c1)NC(N)CC(N)c1ccc(F)cc1. The van der Waals surface area contributed by atoms with Crippen LogP contribution in [0.4, 0.5) is 8.78 Å². The molecule has 2 aromatic rings. The second-order valence-electron chi connectivity index (χ2n) is 6.72. The van der Waals surface area contributed by atoms with E-state index in [1.165, 1.54) is 30.3 Å². The second kappa shape index (κ2) is 9.91. The third-order valence-electron chi connectivity index (χ3n) is 3.84. The summed E-state index contributed by atoms with van der Waals surface area (Å²) in [6.07, 6.45) is -0.302. The molecule has 8 heteroatoms. The number of hydrogen-bond donors (Lipinski definition) is 4. The molecule has 0 aliphatic rings. The highest BCUT2D eigenvalue weighted by Gasteiger charge is 2.15. The Morgan fingerprint density at radius 1 is 1.04 bits per heavy atom. The summed E-state index contributed by atoms with van der Waals surface area (Å²) in [6.45, 7) is 3.75. The third kappa shape index (κ3) is 6.71. The molecule has 0 saturated heterocycles. The minimum Gasteiger partial charge on any atom is -0.354 e. The van der Waals surface area contributed by atoms with Gasteiger partial charge in [-0.2, -0.15) is 4.99 Å². The average molecular weight is 389 g/mol. The summed E-state index contributed by atoms with van der Waals surface area (Å²) in [5, 5.41) is 5.92. The first-order valence-corrected chi connectivity index (χ1v) is 8.93. The largest absolute Gasteiger partial charge is 0.354 e. The van der Waals surface area contributed by atoms with Crippen LogP contribution >= 0.6 is 0 Å². The number of carbonyl (C=O) groups excluding carboxylic acids is 1. The fraction of sp³-hybridized carbons (Fsp3) is 0.300. The number of benzene rings is 2. The van der Waals surface area contributed by atoms with Crippen LogP contribution in [0.25, 0.3) is 0 Å². The van der Waals surface area contributed by atoms with Crippen molar-refractivity contribution in [3.05, 3.63) is 71.3 Å². The number of nitrogens with two attached hydrogens (primary N) is 2. The molecule has 0 fully saturated rings. The first-order chi connectivity index (χ1) is 13.2. The topological polar surface area (TPSA) is 106 Å². The Morgan fingerprint density at radius 3 is 2.32 bits per heavy atom. The fourth-order valence-corrected chi connectivity index (χ4v) is 2.52. The summed E-state index contributed by atoms with van der Waals surface area (Å²) in [5.74, 6) is -1.30. The second-order valence-corrected chi connectivity index (χ2v) is 6.72. The zero-order valence-electron chi connectivity index (χ0n) is 15.8. The lowest BCUT2D eigenvalue weighted by Gasteiger charge is -2.22. The highest BCUT2D eigenvalue weighted by atomic mass is 19.1. The molecule has 0 spiro atoms.